The molecule has 0 radical (unpaired) electrons. The number of fused-ring (bicyclic) bond motifs is 1. The molecule has 4 heteroatoms. The molecule has 4 aromatic rings. The molecule has 2 aromatic carbocycles. The van der Waals surface area contributed by atoms with E-state index in [0.717, 1.165) is 33.4 Å². The summed E-state index contributed by atoms with van der Waals surface area (Å²) in [5, 5.41) is 3.99. The standard InChI is InChI=1S/C22H19N3O/c1-15-14-25-20(22(26)24-18-11-7-4-8-12-18)16(2)23-21(25)19(15)13-17-9-5-3-6-10-17/h3-14H,1-2H3,(H,24,26)/b19-13-. The Balaban J connectivity index is 1.81. The third-order valence-electron chi connectivity index (χ3n) is 4.43. The van der Waals surface area contributed by atoms with Crippen LogP contribution in [0.25, 0.3) is 11.7 Å². The lowest BCUT2D eigenvalue weighted by molar-refractivity contribution is 0.102. The van der Waals surface area contributed by atoms with Gasteiger partial charge in [0.15, 0.2) is 0 Å². The van der Waals surface area contributed by atoms with Crippen molar-refractivity contribution in [3.8, 4) is 0 Å². The summed E-state index contributed by atoms with van der Waals surface area (Å²) in [6, 6.07) is 19.6. The van der Waals surface area contributed by atoms with Crippen molar-refractivity contribution in [2.45, 2.75) is 13.8 Å². The van der Waals surface area contributed by atoms with Gasteiger partial charge in [-0.25, -0.2) is 4.98 Å². The minimum Gasteiger partial charge on any atom is -0.321 e. The number of aromatic nitrogens is 2. The minimum atomic E-state index is -0.155. The zero-order chi connectivity index (χ0) is 18.1. The van der Waals surface area contributed by atoms with E-state index in [2.05, 4.69) is 28.5 Å². The van der Waals surface area contributed by atoms with Crippen LogP contribution in [0.3, 0.4) is 0 Å². The normalized spacial score (nSPS) is 11.8. The van der Waals surface area contributed by atoms with Crippen molar-refractivity contribution < 1.29 is 4.79 Å². The summed E-state index contributed by atoms with van der Waals surface area (Å²) in [6.45, 7) is 3.91. The van der Waals surface area contributed by atoms with Gasteiger partial charge >= 0.3 is 0 Å². The fourth-order valence-electron chi connectivity index (χ4n) is 3.18. The first kappa shape index (κ1) is 16.1. The van der Waals surface area contributed by atoms with Crippen LogP contribution in [0, 0.1) is 13.8 Å². The Morgan fingerprint density at radius 3 is 2.35 bits per heavy atom. The molecule has 0 atom stereocenters. The summed E-state index contributed by atoms with van der Waals surface area (Å²) in [7, 11) is 0. The maximum Gasteiger partial charge on any atom is 0.274 e. The molecular formula is C22H19N3O. The molecule has 0 saturated heterocycles. The van der Waals surface area contributed by atoms with Gasteiger partial charge in [0.05, 0.1) is 5.69 Å². The van der Waals surface area contributed by atoms with E-state index in [0.29, 0.717) is 5.69 Å². The molecule has 4 rings (SSSR count). The molecule has 128 valence electrons. The first-order valence-corrected chi connectivity index (χ1v) is 8.54. The van der Waals surface area contributed by atoms with Crippen LogP contribution in [0.15, 0.2) is 66.9 Å². The lowest BCUT2D eigenvalue weighted by Crippen LogP contribution is -2.15. The van der Waals surface area contributed by atoms with Gasteiger partial charge in [-0.2, -0.15) is 0 Å². The average molecular weight is 341 g/mol. The van der Waals surface area contributed by atoms with Crippen LogP contribution in [0.4, 0.5) is 5.69 Å². The highest BCUT2D eigenvalue weighted by Crippen LogP contribution is 2.15. The van der Waals surface area contributed by atoms with Crippen LogP contribution in [-0.2, 0) is 0 Å². The Labute approximate surface area is 151 Å². The zero-order valence-electron chi connectivity index (χ0n) is 14.7. The molecule has 1 amide bonds. The van der Waals surface area contributed by atoms with E-state index in [1.54, 1.807) is 0 Å². The van der Waals surface area contributed by atoms with E-state index < -0.39 is 0 Å². The number of hydrogen-bond acceptors (Lipinski definition) is 2. The van der Waals surface area contributed by atoms with Gasteiger partial charge in [-0.05, 0) is 43.2 Å². The molecule has 2 heterocycles. The maximum absolute atomic E-state index is 12.8. The van der Waals surface area contributed by atoms with Crippen LogP contribution in [0.5, 0.6) is 0 Å². The number of para-hydroxylation sites is 1. The molecule has 0 bridgehead atoms. The van der Waals surface area contributed by atoms with Crippen LogP contribution in [0.1, 0.15) is 27.3 Å². The molecule has 26 heavy (non-hydrogen) atoms. The predicted octanol–water partition coefficient (Wildman–Crippen LogP) is 3.75. The van der Waals surface area contributed by atoms with E-state index in [-0.39, 0.29) is 5.91 Å². The molecule has 2 aromatic heterocycles. The molecule has 0 aliphatic rings. The lowest BCUT2D eigenvalue weighted by atomic mass is 10.1. The first-order chi connectivity index (χ1) is 12.6. The molecule has 1 N–H and O–H groups in total. The van der Waals surface area contributed by atoms with Crippen LogP contribution in [-0.4, -0.2) is 15.3 Å². The lowest BCUT2D eigenvalue weighted by Gasteiger charge is -2.04. The average Bonchev–Trinajstić information content (AvgIpc) is 3.11. The SMILES string of the molecule is Cc1nc2/c(=C\c3ccccc3)c(C)cn2c1C(=O)Nc1ccccc1. The summed E-state index contributed by atoms with van der Waals surface area (Å²) < 4.78 is 1.89. The quantitative estimate of drug-likeness (QED) is 0.617. The van der Waals surface area contributed by atoms with Crippen LogP contribution >= 0.6 is 0 Å². The summed E-state index contributed by atoms with van der Waals surface area (Å²) in [5.41, 5.74) is 5.06. The van der Waals surface area contributed by atoms with Crippen molar-refractivity contribution in [3.63, 3.8) is 0 Å². The summed E-state index contributed by atoms with van der Waals surface area (Å²) >= 11 is 0. The van der Waals surface area contributed by atoms with Crippen molar-refractivity contribution in [2.75, 3.05) is 5.32 Å². The van der Waals surface area contributed by atoms with Gasteiger partial charge in [0, 0.05) is 17.1 Å². The van der Waals surface area contributed by atoms with Gasteiger partial charge in [0.25, 0.3) is 5.91 Å². The van der Waals surface area contributed by atoms with Crippen molar-refractivity contribution in [1.29, 1.82) is 0 Å². The fraction of sp³-hybridized carbons (Fsp3) is 0.0909. The second-order valence-electron chi connectivity index (χ2n) is 6.34. The molecule has 0 unspecified atom stereocenters. The van der Waals surface area contributed by atoms with Gasteiger partial charge in [-0.1, -0.05) is 48.5 Å². The number of hydrogen-bond donors (Lipinski definition) is 1. The number of benzene rings is 2. The molecule has 0 spiro atoms. The number of nitrogens with one attached hydrogen (secondary N) is 1. The first-order valence-electron chi connectivity index (χ1n) is 8.54. The fourth-order valence-corrected chi connectivity index (χ4v) is 3.18. The van der Waals surface area contributed by atoms with Gasteiger partial charge in [0.2, 0.25) is 0 Å². The second-order valence-corrected chi connectivity index (χ2v) is 6.34. The zero-order valence-corrected chi connectivity index (χ0v) is 14.7. The largest absolute Gasteiger partial charge is 0.321 e. The van der Waals surface area contributed by atoms with Crippen LogP contribution in [0.2, 0.25) is 0 Å². The second kappa shape index (κ2) is 6.48. The van der Waals surface area contributed by atoms with Crippen molar-refractivity contribution >= 4 is 23.3 Å². The number of aryl methyl sites for hydroxylation is 2. The van der Waals surface area contributed by atoms with E-state index >= 15 is 0 Å². The molecule has 0 fully saturated rings. The molecular weight excluding hydrogens is 322 g/mol. The van der Waals surface area contributed by atoms with E-state index in [9.17, 15) is 4.79 Å². The minimum absolute atomic E-state index is 0.155. The summed E-state index contributed by atoms with van der Waals surface area (Å²) in [5.74, 6) is -0.155. The van der Waals surface area contributed by atoms with Gasteiger partial charge < -0.3 is 5.32 Å². The number of imidazole rings is 1. The Morgan fingerprint density at radius 2 is 1.65 bits per heavy atom. The monoisotopic (exact) mass is 341 g/mol. The van der Waals surface area contributed by atoms with E-state index in [1.165, 1.54) is 0 Å². The van der Waals surface area contributed by atoms with Gasteiger partial charge in [-0.3, -0.25) is 9.20 Å². The number of carbonyl (C=O) groups is 1. The third kappa shape index (κ3) is 2.86. The highest BCUT2D eigenvalue weighted by atomic mass is 16.2. The third-order valence-corrected chi connectivity index (χ3v) is 4.43. The Hall–Kier alpha value is -3.40. The number of carbonyl (C=O) groups excluding carboxylic acids is 1. The smallest absolute Gasteiger partial charge is 0.274 e. The summed E-state index contributed by atoms with van der Waals surface area (Å²) in [6.07, 6.45) is 4.08. The molecule has 0 aliphatic heterocycles. The van der Waals surface area contributed by atoms with E-state index in [4.69, 9.17) is 0 Å². The highest BCUT2D eigenvalue weighted by Gasteiger charge is 2.19. The number of rotatable bonds is 3. The molecule has 0 saturated carbocycles. The van der Waals surface area contributed by atoms with Crippen molar-refractivity contribution in [2.24, 2.45) is 0 Å². The van der Waals surface area contributed by atoms with Crippen molar-refractivity contribution in [3.05, 3.63) is 94.6 Å². The number of anilines is 1. The molecule has 0 aliphatic carbocycles. The number of nitrogens with zero attached hydrogens (tertiary/aromatic N) is 2. The van der Waals surface area contributed by atoms with Gasteiger partial charge in [-0.15, -0.1) is 0 Å². The number of amides is 1. The Kier molecular flexibility index (Phi) is 4.01. The highest BCUT2D eigenvalue weighted by molar-refractivity contribution is 6.04. The predicted molar refractivity (Wildman–Crippen MR) is 104 cm³/mol. The maximum atomic E-state index is 12.8. The molecule has 4 nitrogen and oxygen atoms in total. The van der Waals surface area contributed by atoms with Gasteiger partial charge in [0.1, 0.15) is 11.3 Å². The Morgan fingerprint density at radius 1 is 1.00 bits per heavy atom. The van der Waals surface area contributed by atoms with E-state index in [1.807, 2.05) is 73.0 Å². The Bertz CT molecular complexity index is 1130. The van der Waals surface area contributed by atoms with Crippen LogP contribution < -0.4 is 10.5 Å². The topological polar surface area (TPSA) is 46.4 Å². The summed E-state index contributed by atoms with van der Waals surface area (Å²) in [4.78, 5) is 17.5. The van der Waals surface area contributed by atoms with Crippen molar-refractivity contribution in [1.82, 2.24) is 9.38 Å².